The zero-order chi connectivity index (χ0) is 19.1. The first kappa shape index (κ1) is 18.2. The van der Waals surface area contributed by atoms with Crippen LogP contribution in [0.2, 0.25) is 0 Å². The summed E-state index contributed by atoms with van der Waals surface area (Å²) in [5.74, 6) is -1.86. The Hall–Kier alpha value is -2.62. The van der Waals surface area contributed by atoms with Crippen LogP contribution in [0.25, 0.3) is 5.57 Å². The minimum Gasteiger partial charge on any atom is -0.477 e. The van der Waals surface area contributed by atoms with Crippen molar-refractivity contribution in [2.24, 2.45) is 5.41 Å². The van der Waals surface area contributed by atoms with E-state index in [0.717, 1.165) is 0 Å². The summed E-state index contributed by atoms with van der Waals surface area (Å²) in [6, 6.07) is 0. The maximum absolute atomic E-state index is 12.5. The minimum absolute atomic E-state index is 0.0348. The number of esters is 1. The van der Waals surface area contributed by atoms with Gasteiger partial charge in [-0.15, -0.1) is 11.8 Å². The van der Waals surface area contributed by atoms with Crippen LogP contribution in [0.4, 0.5) is 0 Å². The van der Waals surface area contributed by atoms with E-state index >= 15 is 0 Å². The summed E-state index contributed by atoms with van der Waals surface area (Å²) in [6.45, 7) is 5.36. The molecule has 0 unspecified atom stereocenters. The number of carboxylic acids is 1. The molecule has 0 saturated carbocycles. The van der Waals surface area contributed by atoms with Crippen molar-refractivity contribution in [3.63, 3.8) is 0 Å². The molecule has 1 aromatic heterocycles. The van der Waals surface area contributed by atoms with Gasteiger partial charge in [0.25, 0.3) is 5.91 Å². The van der Waals surface area contributed by atoms with Gasteiger partial charge in [-0.3, -0.25) is 14.5 Å². The molecular weight excluding hydrogens is 360 g/mol. The Morgan fingerprint density at radius 3 is 2.73 bits per heavy atom. The highest BCUT2D eigenvalue weighted by Gasteiger charge is 2.51. The van der Waals surface area contributed by atoms with Crippen LogP contribution >= 0.6 is 11.8 Å². The molecule has 3 heterocycles. The molecule has 1 aromatic rings. The average molecular weight is 378 g/mol. The molecule has 26 heavy (non-hydrogen) atoms. The third-order valence-corrected chi connectivity index (χ3v) is 5.03. The molecule has 2 N–H and O–H groups in total. The molecule has 1 atom stereocenters. The number of nitrogens with zero attached hydrogens (tertiary/aromatic N) is 3. The number of aromatic nitrogens is 3. The van der Waals surface area contributed by atoms with Crippen LogP contribution in [-0.2, 0) is 19.1 Å². The van der Waals surface area contributed by atoms with Crippen molar-refractivity contribution in [3.8, 4) is 0 Å². The van der Waals surface area contributed by atoms with Gasteiger partial charge in [-0.2, -0.15) is 15.4 Å². The fourth-order valence-corrected chi connectivity index (χ4v) is 3.78. The van der Waals surface area contributed by atoms with E-state index in [2.05, 4.69) is 15.4 Å². The summed E-state index contributed by atoms with van der Waals surface area (Å²) in [5, 5.41) is 20.5. The number of H-pyrrole nitrogens is 1. The lowest BCUT2D eigenvalue weighted by molar-refractivity contribution is -0.152. The normalized spacial score (nSPS) is 21.0. The second-order valence-corrected chi connectivity index (χ2v) is 7.81. The van der Waals surface area contributed by atoms with Crippen LogP contribution in [0.15, 0.2) is 22.9 Å². The number of hydrogen-bond acceptors (Lipinski definition) is 7. The van der Waals surface area contributed by atoms with Crippen LogP contribution < -0.4 is 0 Å². The van der Waals surface area contributed by atoms with Gasteiger partial charge in [-0.25, -0.2) is 4.79 Å². The number of aliphatic carboxylic acids is 1. The predicted octanol–water partition coefficient (Wildman–Crippen LogP) is 1.38. The number of amides is 1. The summed E-state index contributed by atoms with van der Waals surface area (Å²) in [4.78, 5) is 36.9. The molecule has 0 bridgehead atoms. The number of carbonyl (C=O) groups excluding carboxylic acids is 2. The Morgan fingerprint density at radius 2 is 2.15 bits per heavy atom. The number of carboxylic acid groups (broad SMARTS) is 1. The topological polar surface area (TPSA) is 125 Å². The first-order valence-electron chi connectivity index (χ1n) is 7.90. The first-order valence-corrected chi connectivity index (χ1v) is 8.85. The lowest BCUT2D eigenvalue weighted by atomic mass is 9.94. The maximum Gasteiger partial charge on any atom is 0.353 e. The molecule has 1 fully saturated rings. The van der Waals surface area contributed by atoms with Crippen molar-refractivity contribution in [1.82, 2.24) is 20.3 Å². The monoisotopic (exact) mass is 378 g/mol. The second kappa shape index (κ2) is 6.60. The molecule has 138 valence electrons. The van der Waals surface area contributed by atoms with E-state index < -0.39 is 16.8 Å². The fraction of sp³-hybridized carbons (Fsp3) is 0.438. The van der Waals surface area contributed by atoms with Crippen molar-refractivity contribution in [2.75, 3.05) is 6.61 Å². The third-order valence-electron chi connectivity index (χ3n) is 3.96. The van der Waals surface area contributed by atoms with Gasteiger partial charge in [0, 0.05) is 11.8 Å². The van der Waals surface area contributed by atoms with Gasteiger partial charge in [0.1, 0.15) is 16.8 Å². The molecule has 10 heteroatoms. The number of fused-ring (bicyclic) bond motifs is 1. The molecule has 3 rings (SSSR count). The Labute approximate surface area is 153 Å². The Kier molecular flexibility index (Phi) is 4.61. The smallest absolute Gasteiger partial charge is 0.353 e. The molecule has 1 amide bonds. The predicted molar refractivity (Wildman–Crippen MR) is 92.3 cm³/mol. The summed E-state index contributed by atoms with van der Waals surface area (Å²) in [6.07, 6.45) is 1.76. The van der Waals surface area contributed by atoms with Gasteiger partial charge in [0.15, 0.2) is 0 Å². The summed E-state index contributed by atoms with van der Waals surface area (Å²) in [5.41, 5.74) is 0.880. The van der Waals surface area contributed by atoms with Crippen molar-refractivity contribution < 1.29 is 24.2 Å². The molecule has 1 saturated heterocycles. The van der Waals surface area contributed by atoms with E-state index in [1.165, 1.54) is 28.3 Å². The summed E-state index contributed by atoms with van der Waals surface area (Å²) in [7, 11) is 0. The third kappa shape index (κ3) is 3.12. The Bertz CT molecular complexity index is 822. The van der Waals surface area contributed by atoms with E-state index in [9.17, 15) is 14.4 Å². The van der Waals surface area contributed by atoms with Gasteiger partial charge < -0.3 is 9.84 Å². The molecule has 0 spiro atoms. The summed E-state index contributed by atoms with van der Waals surface area (Å²) >= 11 is 1.25. The number of β-lactam (4-membered cyclic amide) rings is 1. The van der Waals surface area contributed by atoms with Crippen molar-refractivity contribution >= 4 is 35.2 Å². The molecule has 2 aliphatic rings. The number of thioether (sulfide) groups is 1. The number of hydrogen-bond donors (Lipinski definition) is 2. The second-order valence-electron chi connectivity index (χ2n) is 6.86. The zero-order valence-corrected chi connectivity index (χ0v) is 15.3. The Balaban J connectivity index is 1.81. The highest BCUT2D eigenvalue weighted by atomic mass is 32.2. The van der Waals surface area contributed by atoms with Crippen molar-refractivity contribution in [3.05, 3.63) is 28.6 Å². The van der Waals surface area contributed by atoms with Gasteiger partial charge in [-0.05, 0) is 26.3 Å². The lowest BCUT2D eigenvalue weighted by Crippen LogP contribution is -2.51. The lowest BCUT2D eigenvalue weighted by Gasteiger charge is -2.38. The minimum atomic E-state index is -1.14. The number of nitrogens with one attached hydrogen (secondary N) is 1. The van der Waals surface area contributed by atoms with Crippen molar-refractivity contribution in [2.45, 2.75) is 32.6 Å². The summed E-state index contributed by atoms with van der Waals surface area (Å²) < 4.78 is 5.29. The van der Waals surface area contributed by atoms with Crippen LogP contribution in [0.5, 0.6) is 0 Å². The molecular formula is C16H18N4O5S. The fourth-order valence-electron chi connectivity index (χ4n) is 2.60. The maximum atomic E-state index is 12.5. The Morgan fingerprint density at radius 1 is 1.42 bits per heavy atom. The van der Waals surface area contributed by atoms with Crippen LogP contribution in [0.3, 0.4) is 0 Å². The van der Waals surface area contributed by atoms with E-state index in [0.29, 0.717) is 16.8 Å². The highest BCUT2D eigenvalue weighted by molar-refractivity contribution is 8.03. The number of aromatic amines is 1. The van der Waals surface area contributed by atoms with Gasteiger partial charge in [-0.1, -0.05) is 0 Å². The van der Waals surface area contributed by atoms with E-state index in [-0.39, 0.29) is 30.6 Å². The molecule has 9 nitrogen and oxygen atoms in total. The average Bonchev–Trinajstić information content (AvgIpc) is 3.20. The SMILES string of the molecule is CC(C)(C)C(=O)OCCC(=C1C(=O)N2C(C(=O)O)=CS[C@H]12)c1cn[nH]n1. The molecule has 0 aliphatic carbocycles. The number of ether oxygens (including phenoxy) is 1. The standard InChI is InChI=1S/C16H18N4O5S/c1-16(2,3)15(24)25-5-4-8(9-6-17-19-18-9)11-12(21)20-10(14(22)23)7-26-13(11)20/h6-7,13H,4-5H2,1-3H3,(H,22,23)(H,17,18,19)/t13-/m1/s1. The van der Waals surface area contributed by atoms with Crippen molar-refractivity contribution in [1.29, 1.82) is 0 Å². The van der Waals surface area contributed by atoms with Gasteiger partial charge in [0.05, 0.1) is 23.8 Å². The molecule has 0 aromatic carbocycles. The molecule has 2 aliphatic heterocycles. The zero-order valence-electron chi connectivity index (χ0n) is 14.5. The number of carbonyl (C=O) groups is 3. The number of rotatable bonds is 5. The van der Waals surface area contributed by atoms with E-state index in [1.807, 2.05) is 0 Å². The van der Waals surface area contributed by atoms with Gasteiger partial charge in [0.2, 0.25) is 0 Å². The van der Waals surface area contributed by atoms with E-state index in [1.54, 1.807) is 20.8 Å². The largest absolute Gasteiger partial charge is 0.477 e. The first-order chi connectivity index (χ1) is 12.2. The molecule has 0 radical (unpaired) electrons. The van der Waals surface area contributed by atoms with Gasteiger partial charge >= 0.3 is 11.9 Å². The van der Waals surface area contributed by atoms with Crippen LogP contribution in [0.1, 0.15) is 32.9 Å². The highest BCUT2D eigenvalue weighted by Crippen LogP contribution is 2.47. The van der Waals surface area contributed by atoms with Crippen LogP contribution in [-0.4, -0.2) is 55.2 Å². The van der Waals surface area contributed by atoms with Crippen LogP contribution in [0, 0.1) is 5.41 Å². The van der Waals surface area contributed by atoms with E-state index in [4.69, 9.17) is 9.84 Å². The quantitative estimate of drug-likeness (QED) is 0.447.